The van der Waals surface area contributed by atoms with E-state index in [-0.39, 0.29) is 89.8 Å². The van der Waals surface area contributed by atoms with Crippen LogP contribution in [0.5, 0.6) is 11.5 Å². The number of carbonyl (C=O) groups excluding carboxylic acids is 1. The van der Waals surface area contributed by atoms with Crippen LogP contribution in [0.3, 0.4) is 0 Å². The molecule has 3 heterocycles. The minimum atomic E-state index is -5.23. The number of benzene rings is 7. The summed E-state index contributed by atoms with van der Waals surface area (Å²) in [6.45, 7) is 3.97. The van der Waals surface area contributed by atoms with E-state index in [1.54, 1.807) is 7.05 Å². The van der Waals surface area contributed by atoms with Crippen molar-refractivity contribution in [3.05, 3.63) is 108 Å². The number of rotatable bonds is 21. The summed E-state index contributed by atoms with van der Waals surface area (Å²) in [4.78, 5) is 40.1. The molecule has 0 spiro atoms. The maximum absolute atomic E-state index is 12.8. The molecular weight excluding hydrogens is 1370 g/mol. The number of hydrogen-bond donors (Lipinski definition) is 11. The Balaban J connectivity index is 0.795. The van der Waals surface area contributed by atoms with E-state index in [1.807, 2.05) is 4.90 Å². The number of halogens is 2. The summed E-state index contributed by atoms with van der Waals surface area (Å²) in [5.74, 6) is -0.875. The van der Waals surface area contributed by atoms with Gasteiger partial charge in [0, 0.05) is 91.9 Å². The molecule has 9 aromatic rings. The lowest BCUT2D eigenvalue weighted by Crippen LogP contribution is -2.48. The Kier molecular flexibility index (Phi) is 18.5. The van der Waals surface area contributed by atoms with Crippen molar-refractivity contribution in [2.45, 2.75) is 31.4 Å². The highest BCUT2D eigenvalue weighted by Crippen LogP contribution is 2.45. The quantitative estimate of drug-likeness (QED) is 0.0190. The Hall–Kier alpha value is -9.10. The van der Waals surface area contributed by atoms with Crippen molar-refractivity contribution in [1.82, 2.24) is 34.8 Å². The van der Waals surface area contributed by atoms with Gasteiger partial charge < -0.3 is 41.0 Å². The van der Waals surface area contributed by atoms with Gasteiger partial charge in [0.2, 0.25) is 40.3 Å². The fraction of sp³-hybridized carbons (Fsp3) is 0.173. The molecule has 0 bridgehead atoms. The molecule has 0 atom stereocenters. The van der Waals surface area contributed by atoms with Crippen molar-refractivity contribution in [3.8, 4) is 11.5 Å². The van der Waals surface area contributed by atoms with Gasteiger partial charge in [-0.1, -0.05) is 30.3 Å². The molecular formula is C52H48Cl2N16O18S5. The van der Waals surface area contributed by atoms with Crippen molar-refractivity contribution in [2.75, 3.05) is 90.0 Å². The van der Waals surface area contributed by atoms with E-state index in [9.17, 15) is 74.8 Å². The number of nitrogens with one attached hydrogen (secondary N) is 5. The summed E-state index contributed by atoms with van der Waals surface area (Å²) in [5, 5.41) is 26.3. The summed E-state index contributed by atoms with van der Waals surface area (Å²) in [6.07, 6.45) is 0. The highest BCUT2D eigenvalue weighted by atomic mass is 35.5. The van der Waals surface area contributed by atoms with Gasteiger partial charge in [-0.05, 0) is 89.3 Å². The van der Waals surface area contributed by atoms with Crippen LogP contribution in [-0.2, 0) is 55.4 Å². The fourth-order valence-electron chi connectivity index (χ4n) is 9.87. The molecule has 1 fully saturated rings. The Bertz CT molecular complexity index is 5200. The molecule has 0 saturated carbocycles. The van der Waals surface area contributed by atoms with Crippen LogP contribution in [0.4, 0.5) is 63.6 Å². The third kappa shape index (κ3) is 14.9. The fourth-order valence-corrected chi connectivity index (χ4v) is 13.8. The van der Waals surface area contributed by atoms with E-state index in [0.29, 0.717) is 45.0 Å². The number of aromatic nitrogens is 6. The standard InChI is InChI=1S/C52H48Cl2N16O18S5/c1-26(71)56-36-24-38(39(88-3)25-37(36)66-64-28-22-34-31(42(23-28)91(79,80)81)6-4-9-41(34)90(76,77)78)57-50-59-48(54)61-52(63-50)70-18-16-69(17-19-70)15-14-55-49-58-47(53)60-51(62-49)68(2)29-10-11-30-27(20-29)21-43(92(82,83)84)44(45(30)72)67-65-35-13-12-32-33(46(35)93(85,86)87)7-5-8-40(32)89(73,74)75/h4-13,20-25,64,66,72H,14-19H2,1-3H3,(H,56,71)(H,73,74,75)(H,76,77,78)(H,79,80,81)(H,82,83,84)(H,85,86,87)(H,55,58,60,62)(H,57,59,61,63)/b67-65+. The van der Waals surface area contributed by atoms with E-state index in [4.69, 9.17) is 27.9 Å². The predicted octanol–water partition coefficient (Wildman–Crippen LogP) is 7.33. The number of nitrogens with zero attached hydrogens (tertiary/aromatic N) is 11. The number of methoxy groups -OCH3 is 1. The van der Waals surface area contributed by atoms with Gasteiger partial charge >= 0.3 is 0 Å². The number of hydrazine groups is 1. The molecule has 1 amide bonds. The molecule has 1 saturated heterocycles. The van der Waals surface area contributed by atoms with E-state index in [2.05, 4.69) is 71.8 Å². The van der Waals surface area contributed by atoms with Crippen LogP contribution < -0.4 is 41.3 Å². The molecule has 34 nitrogen and oxygen atoms in total. The third-order valence-corrected chi connectivity index (χ3v) is 18.9. The number of azo groups is 1. The van der Waals surface area contributed by atoms with Crippen molar-refractivity contribution in [3.63, 3.8) is 0 Å². The number of phenols is 1. The smallest absolute Gasteiger partial charge is 0.297 e. The van der Waals surface area contributed by atoms with Gasteiger partial charge in [-0.3, -0.25) is 37.9 Å². The van der Waals surface area contributed by atoms with Crippen molar-refractivity contribution < 1.29 is 79.5 Å². The van der Waals surface area contributed by atoms with Crippen LogP contribution in [-0.4, -0.2) is 164 Å². The maximum Gasteiger partial charge on any atom is 0.297 e. The number of ether oxygens (including phenoxy) is 1. The van der Waals surface area contributed by atoms with Crippen LogP contribution >= 0.6 is 23.2 Å². The summed E-state index contributed by atoms with van der Waals surface area (Å²) in [7, 11) is -22.2. The van der Waals surface area contributed by atoms with Gasteiger partial charge in [0.05, 0.1) is 29.9 Å². The molecule has 41 heteroatoms. The minimum Gasteiger partial charge on any atom is -0.505 e. The van der Waals surface area contributed by atoms with E-state index >= 15 is 0 Å². The molecule has 0 aliphatic carbocycles. The molecule has 93 heavy (non-hydrogen) atoms. The molecule has 1 aliphatic rings. The van der Waals surface area contributed by atoms with E-state index in [0.717, 1.165) is 48.5 Å². The number of aromatic hydroxyl groups is 1. The van der Waals surface area contributed by atoms with Gasteiger partial charge in [0.25, 0.3) is 50.6 Å². The summed E-state index contributed by atoms with van der Waals surface area (Å²) < 4.78 is 180. The lowest BCUT2D eigenvalue weighted by atomic mass is 10.1. The first-order valence-electron chi connectivity index (χ1n) is 26.4. The average molecular weight is 1420 g/mol. The topological polar surface area (TPSA) is 490 Å². The SMILES string of the molecule is COc1cc(NNc2cc(S(=O)(=O)O)c3cccc(S(=O)(=O)O)c3c2)c(NC(C)=O)cc1Nc1nc(Cl)nc(N2CCN(CCNc3nc(Cl)nc(N(C)c4ccc5c(O)c(/N=N/c6ccc7c(S(=O)(=O)O)cccc7c6S(=O)(=O)O)c(S(=O)(=O)O)cc5c4)n3)CC2)n1. The lowest BCUT2D eigenvalue weighted by molar-refractivity contribution is -0.114. The zero-order chi connectivity index (χ0) is 67.3. The molecule has 0 unspecified atom stereocenters. The Morgan fingerprint density at radius 2 is 1.24 bits per heavy atom. The second-order valence-corrected chi connectivity index (χ2v) is 27.7. The van der Waals surface area contributed by atoms with Crippen molar-refractivity contribution in [1.29, 1.82) is 0 Å². The number of carbonyl (C=O) groups is 1. The highest BCUT2D eigenvalue weighted by molar-refractivity contribution is 7.87. The van der Waals surface area contributed by atoms with Crippen molar-refractivity contribution >= 4 is 176 Å². The number of phenolic OH excluding ortho intramolecular Hbond substituents is 1. The summed E-state index contributed by atoms with van der Waals surface area (Å²) in [6, 6.07) is 19.0. The van der Waals surface area contributed by atoms with Gasteiger partial charge in [-0.15, -0.1) is 10.2 Å². The van der Waals surface area contributed by atoms with Crippen LogP contribution in [0.1, 0.15) is 6.92 Å². The zero-order valence-corrected chi connectivity index (χ0v) is 53.4. The number of fused-ring (bicyclic) bond motifs is 3. The number of hydrogen-bond acceptors (Lipinski definition) is 28. The summed E-state index contributed by atoms with van der Waals surface area (Å²) >= 11 is 12.8. The maximum atomic E-state index is 12.8. The van der Waals surface area contributed by atoms with Crippen LogP contribution in [0, 0.1) is 0 Å². The zero-order valence-electron chi connectivity index (χ0n) is 47.8. The summed E-state index contributed by atoms with van der Waals surface area (Å²) in [5.41, 5.74) is 4.79. The lowest BCUT2D eigenvalue weighted by Gasteiger charge is -2.34. The normalized spacial score (nSPS) is 13.6. The van der Waals surface area contributed by atoms with E-state index < -0.39 is 103 Å². The first-order valence-corrected chi connectivity index (χ1v) is 34.4. The van der Waals surface area contributed by atoms with Crippen LogP contribution in [0.25, 0.3) is 32.3 Å². The second kappa shape index (κ2) is 25.8. The largest absolute Gasteiger partial charge is 0.505 e. The number of piperazine rings is 1. The van der Waals surface area contributed by atoms with Gasteiger partial charge in [0.15, 0.2) is 5.75 Å². The molecule has 10 rings (SSSR count). The second-order valence-electron chi connectivity index (χ2n) is 20.1. The van der Waals surface area contributed by atoms with Gasteiger partial charge in [0.1, 0.15) is 41.6 Å². The molecule has 488 valence electrons. The third-order valence-electron chi connectivity index (χ3n) is 14.0. The first-order chi connectivity index (χ1) is 43.6. The number of amides is 1. The molecule has 0 radical (unpaired) electrons. The highest BCUT2D eigenvalue weighted by Gasteiger charge is 2.28. The predicted molar refractivity (Wildman–Crippen MR) is 339 cm³/mol. The molecule has 1 aliphatic heterocycles. The average Bonchev–Trinajstić information content (AvgIpc) is 0.770. The monoisotopic (exact) mass is 1410 g/mol. The Labute approximate surface area is 537 Å². The first kappa shape index (κ1) is 66.8. The van der Waals surface area contributed by atoms with Crippen LogP contribution in [0.15, 0.2) is 132 Å². The molecule has 7 aromatic carbocycles. The number of anilines is 9. The van der Waals surface area contributed by atoms with Crippen molar-refractivity contribution in [2.24, 2.45) is 10.2 Å². The Morgan fingerprint density at radius 3 is 1.88 bits per heavy atom. The molecule has 2 aromatic heterocycles. The minimum absolute atomic E-state index is 0.0145. The van der Waals surface area contributed by atoms with E-state index in [1.165, 1.54) is 67.5 Å². The van der Waals surface area contributed by atoms with Crippen LogP contribution in [0.2, 0.25) is 10.6 Å². The van der Waals surface area contributed by atoms with Gasteiger partial charge in [-0.25, -0.2) is 0 Å². The molecule has 11 N–H and O–H groups in total. The van der Waals surface area contributed by atoms with Gasteiger partial charge in [-0.2, -0.15) is 72.0 Å². The Morgan fingerprint density at radius 1 is 0.613 bits per heavy atom.